The lowest BCUT2D eigenvalue weighted by Crippen LogP contribution is -2.53. The summed E-state index contributed by atoms with van der Waals surface area (Å²) in [4.78, 5) is 39.7. The van der Waals surface area contributed by atoms with Gasteiger partial charge < -0.3 is 14.7 Å². The minimum atomic E-state index is -4.00. The summed E-state index contributed by atoms with van der Waals surface area (Å²) in [6, 6.07) is 19.9. The first kappa shape index (κ1) is 33.3. The molecule has 0 bridgehead atoms. The van der Waals surface area contributed by atoms with E-state index in [9.17, 15) is 27.9 Å². The van der Waals surface area contributed by atoms with E-state index >= 15 is 0 Å². The molecule has 0 radical (unpaired) electrons. The highest BCUT2D eigenvalue weighted by molar-refractivity contribution is 7.99. The predicted octanol–water partition coefficient (Wildman–Crippen LogP) is 3.91. The van der Waals surface area contributed by atoms with E-state index in [-0.39, 0.29) is 29.2 Å². The van der Waals surface area contributed by atoms with Gasteiger partial charge in [-0.05, 0) is 48.9 Å². The number of esters is 1. The number of benzene rings is 2. The molecule has 1 aromatic heterocycles. The van der Waals surface area contributed by atoms with E-state index in [1.165, 1.54) is 17.0 Å². The number of nitrogens with zero attached hydrogens (tertiary/aromatic N) is 1. The van der Waals surface area contributed by atoms with Crippen LogP contribution in [-0.2, 0) is 35.7 Å². The monoisotopic (exact) mass is 634 g/mol. The summed E-state index contributed by atoms with van der Waals surface area (Å²) in [5.74, 6) is -1.31. The lowest BCUT2D eigenvalue weighted by atomic mass is 10.0. The second-order valence-electron chi connectivity index (χ2n) is 9.29. The van der Waals surface area contributed by atoms with Gasteiger partial charge in [-0.2, -0.15) is 8.42 Å². The number of rotatable bonds is 11. The average Bonchev–Trinajstić information content (AvgIpc) is 3.46. The molecule has 42 heavy (non-hydrogen) atoms. The van der Waals surface area contributed by atoms with Gasteiger partial charge in [0.1, 0.15) is 12.6 Å². The summed E-state index contributed by atoms with van der Waals surface area (Å²) in [6.07, 6.45) is 1.13. The fourth-order valence-corrected chi connectivity index (χ4v) is 6.98. The lowest BCUT2D eigenvalue weighted by Gasteiger charge is -2.26. The van der Waals surface area contributed by atoms with Gasteiger partial charge in [-0.25, -0.2) is 0 Å². The maximum atomic E-state index is 13.2. The molecular formula is C29H34N2O8S3. The maximum absolute atomic E-state index is 13.2. The number of aliphatic carboxylic acids is 1. The third kappa shape index (κ3) is 10.6. The molecule has 3 aromatic rings. The van der Waals surface area contributed by atoms with E-state index in [1.54, 1.807) is 48.2 Å². The number of nitrogens with one attached hydrogen (secondary N) is 1. The quantitative estimate of drug-likeness (QED) is 0.209. The molecule has 1 fully saturated rings. The third-order valence-electron chi connectivity index (χ3n) is 6.23. The van der Waals surface area contributed by atoms with Crippen LogP contribution in [0, 0.1) is 0 Å². The van der Waals surface area contributed by atoms with Crippen molar-refractivity contribution in [2.24, 2.45) is 0 Å². The van der Waals surface area contributed by atoms with E-state index < -0.39 is 34.1 Å². The molecule has 1 aliphatic rings. The Morgan fingerprint density at radius 1 is 1.07 bits per heavy atom. The SMILES string of the molecule is CCOC(=O)[C@H](CCc1ccccc1)N[C@H]1CS[C@H](c2cccs2)CN(CC(=O)O)C1=O.O=S(=O)(O)c1ccccc1. The molecule has 0 aliphatic carbocycles. The van der Waals surface area contributed by atoms with E-state index in [1.807, 2.05) is 47.8 Å². The molecule has 0 unspecified atom stereocenters. The number of carbonyl (C=O) groups excluding carboxylic acids is 2. The van der Waals surface area contributed by atoms with Gasteiger partial charge in [0.2, 0.25) is 5.91 Å². The zero-order valence-corrected chi connectivity index (χ0v) is 25.4. The number of carboxylic acid groups (broad SMARTS) is 1. The summed E-state index contributed by atoms with van der Waals surface area (Å²) in [7, 11) is -4.00. The fourth-order valence-electron chi connectivity index (χ4n) is 4.22. The number of aryl methyl sites for hydroxylation is 1. The number of hydrogen-bond acceptors (Lipinski definition) is 9. The number of carbonyl (C=O) groups is 3. The first-order valence-electron chi connectivity index (χ1n) is 13.2. The highest BCUT2D eigenvalue weighted by Gasteiger charge is 2.36. The molecule has 3 atom stereocenters. The van der Waals surface area contributed by atoms with Crippen molar-refractivity contribution in [3.63, 3.8) is 0 Å². The summed E-state index contributed by atoms with van der Waals surface area (Å²) in [6.45, 7) is 1.95. The van der Waals surface area contributed by atoms with Crippen molar-refractivity contribution in [1.82, 2.24) is 10.2 Å². The third-order valence-corrected chi connectivity index (χ3v) is 9.56. The Labute approximate surface area is 253 Å². The summed E-state index contributed by atoms with van der Waals surface area (Å²) < 4.78 is 34.5. The van der Waals surface area contributed by atoms with Crippen LogP contribution in [0.1, 0.15) is 29.0 Å². The zero-order chi connectivity index (χ0) is 30.5. The molecule has 0 saturated carbocycles. The van der Waals surface area contributed by atoms with Crippen LogP contribution < -0.4 is 5.32 Å². The minimum absolute atomic E-state index is 0.00420. The van der Waals surface area contributed by atoms with Crippen molar-refractivity contribution in [2.45, 2.75) is 42.0 Å². The van der Waals surface area contributed by atoms with Gasteiger partial charge in [0, 0.05) is 17.2 Å². The molecule has 13 heteroatoms. The van der Waals surface area contributed by atoms with Gasteiger partial charge >= 0.3 is 11.9 Å². The second-order valence-corrected chi connectivity index (χ2v) is 12.9. The Kier molecular flexibility index (Phi) is 13.0. The molecule has 3 N–H and O–H groups in total. The maximum Gasteiger partial charge on any atom is 0.323 e. The Hall–Kier alpha value is -3.23. The van der Waals surface area contributed by atoms with Crippen LogP contribution >= 0.6 is 23.1 Å². The fraction of sp³-hybridized carbons (Fsp3) is 0.345. The van der Waals surface area contributed by atoms with Crippen LogP contribution in [0.5, 0.6) is 0 Å². The van der Waals surface area contributed by atoms with Crippen LogP contribution in [0.4, 0.5) is 0 Å². The average molecular weight is 635 g/mol. The topological polar surface area (TPSA) is 150 Å². The molecule has 10 nitrogen and oxygen atoms in total. The zero-order valence-electron chi connectivity index (χ0n) is 23.0. The van der Waals surface area contributed by atoms with Gasteiger partial charge in [-0.3, -0.25) is 24.3 Å². The van der Waals surface area contributed by atoms with E-state index in [0.29, 0.717) is 25.1 Å². The summed E-state index contributed by atoms with van der Waals surface area (Å²) in [5.41, 5.74) is 1.09. The lowest BCUT2D eigenvalue weighted by molar-refractivity contribution is -0.148. The van der Waals surface area contributed by atoms with E-state index in [0.717, 1.165) is 10.4 Å². The first-order valence-corrected chi connectivity index (χ1v) is 16.6. The molecule has 1 amide bonds. The van der Waals surface area contributed by atoms with Crippen LogP contribution in [0.2, 0.25) is 0 Å². The van der Waals surface area contributed by atoms with Crippen LogP contribution in [-0.4, -0.2) is 78.4 Å². The number of carboxylic acids is 1. The molecule has 226 valence electrons. The first-order chi connectivity index (χ1) is 20.1. The molecule has 2 heterocycles. The Bertz CT molecular complexity index is 1390. The smallest absolute Gasteiger partial charge is 0.323 e. The Morgan fingerprint density at radius 3 is 2.29 bits per heavy atom. The molecule has 0 spiro atoms. The van der Waals surface area contributed by atoms with Gasteiger partial charge in [0.15, 0.2) is 0 Å². The van der Waals surface area contributed by atoms with Crippen molar-refractivity contribution in [3.8, 4) is 0 Å². The molecule has 2 aromatic carbocycles. The number of hydrogen-bond donors (Lipinski definition) is 3. The van der Waals surface area contributed by atoms with Crippen LogP contribution in [0.3, 0.4) is 0 Å². The second kappa shape index (κ2) is 16.4. The number of thiophene rings is 1. The van der Waals surface area contributed by atoms with Gasteiger partial charge in [-0.15, -0.1) is 23.1 Å². The largest absolute Gasteiger partial charge is 0.480 e. The van der Waals surface area contributed by atoms with E-state index in [2.05, 4.69) is 5.32 Å². The van der Waals surface area contributed by atoms with Crippen molar-refractivity contribution in [3.05, 3.63) is 88.6 Å². The van der Waals surface area contributed by atoms with E-state index in [4.69, 9.17) is 9.29 Å². The highest BCUT2D eigenvalue weighted by Crippen LogP contribution is 2.35. The normalized spacial score (nSPS) is 17.9. The number of ether oxygens (including phenoxy) is 1. The Morgan fingerprint density at radius 2 is 1.74 bits per heavy atom. The van der Waals surface area contributed by atoms with Gasteiger partial charge in [0.05, 0.1) is 22.8 Å². The number of thioether (sulfide) groups is 1. The van der Waals surface area contributed by atoms with Crippen molar-refractivity contribution < 1.29 is 37.2 Å². The molecule has 1 aliphatic heterocycles. The van der Waals surface area contributed by atoms with Crippen LogP contribution in [0.15, 0.2) is 83.1 Å². The van der Waals surface area contributed by atoms with Crippen LogP contribution in [0.25, 0.3) is 0 Å². The molecule has 4 rings (SSSR count). The van der Waals surface area contributed by atoms with Crippen molar-refractivity contribution >= 4 is 51.1 Å². The molecule has 1 saturated heterocycles. The predicted molar refractivity (Wildman–Crippen MR) is 162 cm³/mol. The number of amides is 1. The van der Waals surface area contributed by atoms with Gasteiger partial charge in [-0.1, -0.05) is 54.6 Å². The summed E-state index contributed by atoms with van der Waals surface area (Å²) in [5, 5.41) is 14.5. The van der Waals surface area contributed by atoms with Crippen molar-refractivity contribution in [1.29, 1.82) is 0 Å². The summed E-state index contributed by atoms with van der Waals surface area (Å²) >= 11 is 3.20. The highest BCUT2D eigenvalue weighted by atomic mass is 32.2. The van der Waals surface area contributed by atoms with Crippen molar-refractivity contribution in [2.75, 3.05) is 25.4 Å². The minimum Gasteiger partial charge on any atom is -0.480 e. The Balaban J connectivity index is 0.000000408. The molecular weight excluding hydrogens is 601 g/mol. The standard InChI is InChI=1S/C23H28N2O5S2.C6H6O3S/c1-2-30-23(29)17(11-10-16-7-4-3-5-8-16)24-18-15-32-20(19-9-6-12-31-19)13-25(22(18)28)14-21(26)27;7-10(8,9)6-4-2-1-3-5-6/h3-9,12,17-18,20,24H,2,10-11,13-15H2,1H3,(H,26,27);1-5H,(H,7,8,9)/t17-,18-,20-;/m0./s1. The van der Waals surface area contributed by atoms with Gasteiger partial charge in [0.25, 0.3) is 10.1 Å².